The monoisotopic (exact) mass is 721 g/mol. The summed E-state index contributed by atoms with van der Waals surface area (Å²) in [4.78, 5) is 43.8. The summed E-state index contributed by atoms with van der Waals surface area (Å²) in [5.41, 5.74) is 6.32. The van der Waals surface area contributed by atoms with Gasteiger partial charge in [-0.05, 0) is 81.0 Å². The molecule has 0 aliphatic carbocycles. The summed E-state index contributed by atoms with van der Waals surface area (Å²) < 4.78 is 8.10. The van der Waals surface area contributed by atoms with Crippen molar-refractivity contribution in [2.75, 3.05) is 49.1 Å². The van der Waals surface area contributed by atoms with Gasteiger partial charge in [0.15, 0.2) is 11.4 Å². The van der Waals surface area contributed by atoms with Gasteiger partial charge in [-0.25, -0.2) is 9.97 Å². The number of fused-ring (bicyclic) bond motifs is 1. The van der Waals surface area contributed by atoms with Crippen molar-refractivity contribution in [3.8, 4) is 22.9 Å². The summed E-state index contributed by atoms with van der Waals surface area (Å²) in [6.07, 6.45) is 6.82. The van der Waals surface area contributed by atoms with Crippen molar-refractivity contribution in [3.05, 3.63) is 77.2 Å². The van der Waals surface area contributed by atoms with E-state index in [9.17, 15) is 9.59 Å². The SMILES string of the molecule is Cc1nn(C)cc1-c1nc2ncc(Cl)c(Oc3ccc(N4CCN(CC5CCN(c6ccc(C7CCC(=O)NC7=O)cc6)CC5)CC4C)cc3)c2[nH]1. The summed E-state index contributed by atoms with van der Waals surface area (Å²) in [5.74, 6) is 1.94. The van der Waals surface area contributed by atoms with Crippen LogP contribution in [0.2, 0.25) is 5.02 Å². The molecule has 13 heteroatoms. The van der Waals surface area contributed by atoms with Crippen LogP contribution in [0.4, 0.5) is 11.4 Å². The number of piperazine rings is 1. The van der Waals surface area contributed by atoms with Crippen molar-refractivity contribution in [1.29, 1.82) is 0 Å². The van der Waals surface area contributed by atoms with Gasteiger partial charge in [-0.2, -0.15) is 5.10 Å². The molecule has 3 saturated heterocycles. The minimum absolute atomic E-state index is 0.175. The number of aryl methyl sites for hydroxylation is 2. The number of aromatic amines is 1. The highest BCUT2D eigenvalue weighted by molar-refractivity contribution is 6.32. The van der Waals surface area contributed by atoms with Gasteiger partial charge >= 0.3 is 0 Å². The Labute approximate surface area is 308 Å². The van der Waals surface area contributed by atoms with Gasteiger partial charge in [0.2, 0.25) is 11.8 Å². The number of amides is 2. The lowest BCUT2D eigenvalue weighted by Crippen LogP contribution is -2.53. The third-order valence-corrected chi connectivity index (χ3v) is 11.1. The molecule has 5 aromatic rings. The Hall–Kier alpha value is -4.94. The standard InChI is InChI=1S/C39H44ClN9O3/c1-24-21-47(22-26-14-16-48(17-15-26)28-6-4-27(5-7-28)31-12-13-34(50)42-39(31)51)18-19-49(24)29-8-10-30(11-9-29)52-36-33(40)20-41-38-35(36)43-37(44-38)32-23-46(3)45-25(32)2/h4-11,20,23-24,26,31H,12-19,21-22H2,1-3H3,(H,41,43,44)(H,42,50,51). The number of rotatable bonds is 8. The molecule has 2 unspecified atom stereocenters. The van der Waals surface area contributed by atoms with E-state index in [2.05, 4.69) is 83.4 Å². The molecule has 52 heavy (non-hydrogen) atoms. The second kappa shape index (κ2) is 14.2. The molecule has 2 amide bonds. The minimum Gasteiger partial charge on any atom is -0.453 e. The fourth-order valence-corrected chi connectivity index (χ4v) is 8.23. The predicted octanol–water partition coefficient (Wildman–Crippen LogP) is 6.06. The number of hydrogen-bond acceptors (Lipinski definition) is 9. The van der Waals surface area contributed by atoms with Crippen LogP contribution < -0.4 is 19.9 Å². The zero-order valence-electron chi connectivity index (χ0n) is 29.8. The van der Waals surface area contributed by atoms with Crippen LogP contribution >= 0.6 is 11.6 Å². The van der Waals surface area contributed by atoms with E-state index in [0.29, 0.717) is 58.3 Å². The quantitative estimate of drug-likeness (QED) is 0.184. The lowest BCUT2D eigenvalue weighted by atomic mass is 9.90. The van der Waals surface area contributed by atoms with Gasteiger partial charge < -0.3 is 19.5 Å². The van der Waals surface area contributed by atoms with E-state index in [4.69, 9.17) is 16.3 Å². The predicted molar refractivity (Wildman–Crippen MR) is 202 cm³/mol. The van der Waals surface area contributed by atoms with Crippen molar-refractivity contribution in [1.82, 2.24) is 34.9 Å². The molecular formula is C39H44ClN9O3. The van der Waals surface area contributed by atoms with E-state index in [1.165, 1.54) is 24.2 Å². The molecule has 0 spiro atoms. The number of H-pyrrole nitrogens is 1. The van der Waals surface area contributed by atoms with Crippen molar-refractivity contribution < 1.29 is 14.3 Å². The number of pyridine rings is 1. The molecule has 0 saturated carbocycles. The topological polar surface area (TPSA) is 125 Å². The number of nitrogens with one attached hydrogen (secondary N) is 2. The van der Waals surface area contributed by atoms with E-state index in [-0.39, 0.29) is 17.7 Å². The van der Waals surface area contributed by atoms with Gasteiger partial charge in [-0.3, -0.25) is 24.5 Å². The third kappa shape index (κ3) is 6.97. The Bertz CT molecular complexity index is 2090. The number of aromatic nitrogens is 5. The number of piperidine rings is 2. The second-order valence-corrected chi connectivity index (χ2v) is 14.9. The number of nitrogens with zero attached hydrogens (tertiary/aromatic N) is 7. The van der Waals surface area contributed by atoms with Crippen LogP contribution in [0, 0.1) is 12.8 Å². The molecule has 2 atom stereocenters. The maximum atomic E-state index is 12.3. The molecule has 6 heterocycles. The number of benzene rings is 2. The number of halogens is 1. The lowest BCUT2D eigenvalue weighted by molar-refractivity contribution is -0.134. The highest BCUT2D eigenvalue weighted by Crippen LogP contribution is 2.37. The molecular weight excluding hydrogens is 678 g/mol. The van der Waals surface area contributed by atoms with Crippen LogP contribution in [-0.4, -0.2) is 86.8 Å². The second-order valence-electron chi connectivity index (χ2n) is 14.4. The number of imidazole rings is 1. The van der Waals surface area contributed by atoms with Gasteiger partial charge in [0.1, 0.15) is 22.1 Å². The number of carbonyl (C=O) groups excluding carboxylic acids is 2. The molecule has 3 fully saturated rings. The largest absolute Gasteiger partial charge is 0.453 e. The van der Waals surface area contributed by atoms with E-state index >= 15 is 0 Å². The first kappa shape index (κ1) is 34.2. The van der Waals surface area contributed by atoms with Gasteiger partial charge in [0.25, 0.3) is 0 Å². The van der Waals surface area contributed by atoms with Crippen molar-refractivity contribution in [3.63, 3.8) is 0 Å². The average molecular weight is 722 g/mol. The molecule has 0 bridgehead atoms. The lowest BCUT2D eigenvalue weighted by Gasteiger charge is -2.43. The fraction of sp³-hybridized carbons (Fsp3) is 0.410. The Morgan fingerprint density at radius 2 is 1.71 bits per heavy atom. The smallest absolute Gasteiger partial charge is 0.234 e. The molecule has 8 rings (SSSR count). The molecule has 3 aliphatic rings. The van der Waals surface area contributed by atoms with E-state index in [1.54, 1.807) is 10.9 Å². The zero-order valence-corrected chi connectivity index (χ0v) is 30.6. The van der Waals surface area contributed by atoms with E-state index < -0.39 is 0 Å². The maximum Gasteiger partial charge on any atom is 0.234 e. The normalized spacial score (nSPS) is 20.5. The van der Waals surface area contributed by atoms with Gasteiger partial charge in [0, 0.05) is 76.4 Å². The van der Waals surface area contributed by atoms with Crippen LogP contribution in [-0.2, 0) is 16.6 Å². The summed E-state index contributed by atoms with van der Waals surface area (Å²) >= 11 is 6.59. The van der Waals surface area contributed by atoms with Crippen molar-refractivity contribution >= 4 is 46.0 Å². The number of ether oxygens (including phenoxy) is 1. The summed E-state index contributed by atoms with van der Waals surface area (Å²) in [5, 5.41) is 7.31. The first-order chi connectivity index (χ1) is 25.2. The Morgan fingerprint density at radius 1 is 0.962 bits per heavy atom. The maximum absolute atomic E-state index is 12.3. The Morgan fingerprint density at radius 3 is 2.40 bits per heavy atom. The first-order valence-electron chi connectivity index (χ1n) is 18.2. The molecule has 0 radical (unpaired) electrons. The van der Waals surface area contributed by atoms with Gasteiger partial charge in [-0.1, -0.05) is 23.7 Å². The number of anilines is 2. The number of hydrogen-bond donors (Lipinski definition) is 2. The summed E-state index contributed by atoms with van der Waals surface area (Å²) in [6, 6.07) is 17.0. The van der Waals surface area contributed by atoms with Crippen LogP contribution in [0.1, 0.15) is 49.8 Å². The Kier molecular flexibility index (Phi) is 9.35. The highest BCUT2D eigenvalue weighted by atomic mass is 35.5. The summed E-state index contributed by atoms with van der Waals surface area (Å²) in [6.45, 7) is 10.5. The van der Waals surface area contributed by atoms with E-state index in [1.807, 2.05) is 32.3 Å². The average Bonchev–Trinajstić information content (AvgIpc) is 3.72. The molecule has 12 nitrogen and oxygen atoms in total. The molecule has 2 aromatic carbocycles. The molecule has 3 aliphatic heterocycles. The van der Waals surface area contributed by atoms with Crippen LogP contribution in [0.15, 0.2) is 60.9 Å². The number of carbonyl (C=O) groups is 2. The van der Waals surface area contributed by atoms with Crippen LogP contribution in [0.25, 0.3) is 22.6 Å². The zero-order chi connectivity index (χ0) is 35.9. The van der Waals surface area contributed by atoms with Crippen molar-refractivity contribution in [2.24, 2.45) is 13.0 Å². The summed E-state index contributed by atoms with van der Waals surface area (Å²) in [7, 11) is 1.88. The Balaban J connectivity index is 0.836. The van der Waals surface area contributed by atoms with Gasteiger partial charge in [-0.15, -0.1) is 0 Å². The first-order valence-corrected chi connectivity index (χ1v) is 18.6. The van der Waals surface area contributed by atoms with Crippen LogP contribution in [0.5, 0.6) is 11.5 Å². The molecule has 3 aromatic heterocycles. The number of imide groups is 1. The van der Waals surface area contributed by atoms with E-state index in [0.717, 1.165) is 56.1 Å². The fourth-order valence-electron chi connectivity index (χ4n) is 8.04. The molecule has 2 N–H and O–H groups in total. The third-order valence-electron chi connectivity index (χ3n) is 10.8. The van der Waals surface area contributed by atoms with Crippen LogP contribution in [0.3, 0.4) is 0 Å². The van der Waals surface area contributed by atoms with Crippen molar-refractivity contribution in [2.45, 2.75) is 51.5 Å². The van der Waals surface area contributed by atoms with Gasteiger partial charge in [0.05, 0.1) is 23.4 Å². The highest BCUT2D eigenvalue weighted by Gasteiger charge is 2.30. The molecule has 270 valence electrons. The minimum atomic E-state index is -0.238.